The third-order valence-electron chi connectivity index (χ3n) is 7.98. The van der Waals surface area contributed by atoms with Crippen molar-refractivity contribution in [1.82, 2.24) is 10.2 Å². The van der Waals surface area contributed by atoms with Crippen LogP contribution in [0.3, 0.4) is 0 Å². The molecule has 0 saturated carbocycles. The van der Waals surface area contributed by atoms with Gasteiger partial charge in [0.15, 0.2) is 0 Å². The Bertz CT molecular complexity index is 1410. The summed E-state index contributed by atoms with van der Waals surface area (Å²) in [5.74, 6) is 1.35. The van der Waals surface area contributed by atoms with Crippen LogP contribution in [0.5, 0.6) is 17.2 Å². The lowest BCUT2D eigenvalue weighted by Crippen LogP contribution is -2.47. The summed E-state index contributed by atoms with van der Waals surface area (Å²) in [6, 6.07) is 18.5. The van der Waals surface area contributed by atoms with E-state index in [4.69, 9.17) is 18.9 Å². The number of carbonyl (C=O) groups is 2. The number of nitrogens with zero attached hydrogens (tertiary/aromatic N) is 3. The van der Waals surface area contributed by atoms with Crippen molar-refractivity contribution in [2.75, 3.05) is 102 Å². The third kappa shape index (κ3) is 7.53. The molecule has 3 aromatic carbocycles. The van der Waals surface area contributed by atoms with Gasteiger partial charge < -0.3 is 39.4 Å². The zero-order chi connectivity index (χ0) is 30.9. The molecule has 0 aromatic heterocycles. The molecule has 2 aliphatic rings. The van der Waals surface area contributed by atoms with Gasteiger partial charge in [0, 0.05) is 75.4 Å². The lowest BCUT2D eigenvalue weighted by atomic mass is 10.1. The molecule has 0 aliphatic carbocycles. The predicted molar refractivity (Wildman–Crippen MR) is 171 cm³/mol. The lowest BCUT2D eigenvalue weighted by molar-refractivity contribution is 0.0383. The first-order valence-corrected chi connectivity index (χ1v) is 14.9. The molecule has 2 fully saturated rings. The summed E-state index contributed by atoms with van der Waals surface area (Å²) in [6.45, 7) is 7.38. The van der Waals surface area contributed by atoms with Gasteiger partial charge in [-0.25, -0.2) is 0 Å². The number of methoxy groups -OCH3 is 3. The number of para-hydroxylation sites is 2. The first kappa shape index (κ1) is 31.0. The molecular formula is C33H41N5O6. The number of hydrogen-bond donors (Lipinski definition) is 2. The smallest absolute Gasteiger partial charge is 0.255 e. The summed E-state index contributed by atoms with van der Waals surface area (Å²) >= 11 is 0. The molecule has 0 unspecified atom stereocenters. The minimum atomic E-state index is -0.334. The van der Waals surface area contributed by atoms with Crippen LogP contribution in [0, 0.1) is 0 Å². The standard InChI is InChI=1S/C33H41N5O6/c1-41-26-20-24(21-27(23-26)42-2)32(39)35-25-8-9-29(28(22-25)33(40)34-10-11-36-16-18-44-19-17-36)37-12-14-38(15-13-37)30-6-4-5-7-31(30)43-3/h4-9,20-23H,10-19H2,1-3H3,(H,34,40)(H,35,39). The summed E-state index contributed by atoms with van der Waals surface area (Å²) in [7, 11) is 4.76. The molecule has 11 nitrogen and oxygen atoms in total. The molecule has 2 saturated heterocycles. The Labute approximate surface area is 258 Å². The molecule has 0 atom stereocenters. The number of amides is 2. The highest BCUT2D eigenvalue weighted by molar-refractivity contribution is 6.06. The van der Waals surface area contributed by atoms with Crippen LogP contribution in [0.25, 0.3) is 0 Å². The molecule has 2 heterocycles. The summed E-state index contributed by atoms with van der Waals surface area (Å²) in [6.07, 6.45) is 0. The fourth-order valence-electron chi connectivity index (χ4n) is 5.54. The monoisotopic (exact) mass is 603 g/mol. The molecule has 5 rings (SSSR count). The molecule has 0 bridgehead atoms. The van der Waals surface area contributed by atoms with E-state index in [-0.39, 0.29) is 11.8 Å². The van der Waals surface area contributed by atoms with Crippen molar-refractivity contribution >= 4 is 28.9 Å². The molecule has 0 radical (unpaired) electrons. The molecule has 2 N–H and O–H groups in total. The average molecular weight is 604 g/mol. The molecular weight excluding hydrogens is 562 g/mol. The van der Waals surface area contributed by atoms with Crippen molar-refractivity contribution in [2.45, 2.75) is 0 Å². The van der Waals surface area contributed by atoms with E-state index < -0.39 is 0 Å². The van der Waals surface area contributed by atoms with Gasteiger partial charge in [-0.15, -0.1) is 0 Å². The Hall–Kier alpha value is -4.48. The van der Waals surface area contributed by atoms with E-state index in [9.17, 15) is 9.59 Å². The summed E-state index contributed by atoms with van der Waals surface area (Å²) in [5.41, 5.74) is 3.30. The van der Waals surface area contributed by atoms with Gasteiger partial charge in [0.1, 0.15) is 17.2 Å². The summed E-state index contributed by atoms with van der Waals surface area (Å²) in [5, 5.41) is 6.04. The number of nitrogens with one attached hydrogen (secondary N) is 2. The Morgan fingerprint density at radius 3 is 2.07 bits per heavy atom. The molecule has 2 aliphatic heterocycles. The van der Waals surface area contributed by atoms with Crippen molar-refractivity contribution in [2.24, 2.45) is 0 Å². The van der Waals surface area contributed by atoms with Crippen LogP contribution in [-0.4, -0.2) is 104 Å². The van der Waals surface area contributed by atoms with E-state index in [1.54, 1.807) is 31.4 Å². The van der Waals surface area contributed by atoms with E-state index in [2.05, 4.69) is 31.4 Å². The predicted octanol–water partition coefficient (Wildman–Crippen LogP) is 3.35. The molecule has 2 amide bonds. The van der Waals surface area contributed by atoms with Gasteiger partial charge in [-0.05, 0) is 42.5 Å². The van der Waals surface area contributed by atoms with Crippen LogP contribution in [0.4, 0.5) is 17.1 Å². The number of anilines is 3. The van der Waals surface area contributed by atoms with Gasteiger partial charge >= 0.3 is 0 Å². The second-order valence-corrected chi connectivity index (χ2v) is 10.6. The molecule has 11 heteroatoms. The minimum Gasteiger partial charge on any atom is -0.497 e. The van der Waals surface area contributed by atoms with Gasteiger partial charge in [0.25, 0.3) is 11.8 Å². The van der Waals surface area contributed by atoms with Crippen LogP contribution in [0.15, 0.2) is 60.7 Å². The number of benzene rings is 3. The Morgan fingerprint density at radius 2 is 1.41 bits per heavy atom. The molecule has 0 spiro atoms. The highest BCUT2D eigenvalue weighted by Gasteiger charge is 2.24. The second kappa shape index (κ2) is 14.8. The molecule has 44 heavy (non-hydrogen) atoms. The fourth-order valence-corrected chi connectivity index (χ4v) is 5.54. The van der Waals surface area contributed by atoms with E-state index >= 15 is 0 Å². The Balaban J connectivity index is 1.34. The zero-order valence-electron chi connectivity index (χ0n) is 25.6. The second-order valence-electron chi connectivity index (χ2n) is 10.6. The summed E-state index contributed by atoms with van der Waals surface area (Å²) in [4.78, 5) is 33.7. The quantitative estimate of drug-likeness (QED) is 0.342. The number of ether oxygens (including phenoxy) is 4. The topological polar surface area (TPSA) is 105 Å². The zero-order valence-corrected chi connectivity index (χ0v) is 25.6. The van der Waals surface area contributed by atoms with E-state index in [0.29, 0.717) is 48.1 Å². The van der Waals surface area contributed by atoms with Gasteiger partial charge in [-0.2, -0.15) is 0 Å². The van der Waals surface area contributed by atoms with Crippen molar-refractivity contribution in [3.05, 3.63) is 71.8 Å². The highest BCUT2D eigenvalue weighted by atomic mass is 16.5. The Morgan fingerprint density at radius 1 is 0.750 bits per heavy atom. The van der Waals surface area contributed by atoms with E-state index in [1.807, 2.05) is 30.3 Å². The summed E-state index contributed by atoms with van der Waals surface area (Å²) < 4.78 is 21.7. The number of morpholine rings is 1. The number of piperazine rings is 1. The van der Waals surface area contributed by atoms with Crippen LogP contribution >= 0.6 is 0 Å². The van der Waals surface area contributed by atoms with Crippen molar-refractivity contribution in [1.29, 1.82) is 0 Å². The SMILES string of the molecule is COc1cc(OC)cc(C(=O)Nc2ccc(N3CCN(c4ccccc4OC)CC3)c(C(=O)NCCN3CCOCC3)c2)c1. The number of rotatable bonds is 11. The van der Waals surface area contributed by atoms with E-state index in [1.165, 1.54) is 14.2 Å². The minimum absolute atomic E-state index is 0.181. The highest BCUT2D eigenvalue weighted by Crippen LogP contribution is 2.31. The van der Waals surface area contributed by atoms with Crippen LogP contribution in [0.1, 0.15) is 20.7 Å². The largest absolute Gasteiger partial charge is 0.497 e. The lowest BCUT2D eigenvalue weighted by Gasteiger charge is -2.38. The van der Waals surface area contributed by atoms with Crippen LogP contribution in [0.2, 0.25) is 0 Å². The maximum atomic E-state index is 13.6. The first-order valence-electron chi connectivity index (χ1n) is 14.9. The molecule has 3 aromatic rings. The third-order valence-corrected chi connectivity index (χ3v) is 7.98. The fraction of sp³-hybridized carbons (Fsp3) is 0.394. The van der Waals surface area contributed by atoms with Crippen molar-refractivity contribution in [3.63, 3.8) is 0 Å². The Kier molecular flexibility index (Phi) is 10.4. The normalized spacial score (nSPS) is 15.4. The maximum absolute atomic E-state index is 13.6. The van der Waals surface area contributed by atoms with Crippen molar-refractivity contribution < 1.29 is 28.5 Å². The van der Waals surface area contributed by atoms with Gasteiger partial charge in [-0.1, -0.05) is 12.1 Å². The van der Waals surface area contributed by atoms with Gasteiger partial charge in [0.05, 0.1) is 45.8 Å². The average Bonchev–Trinajstić information content (AvgIpc) is 3.08. The van der Waals surface area contributed by atoms with Crippen LogP contribution < -0.4 is 34.6 Å². The number of hydrogen-bond acceptors (Lipinski definition) is 9. The first-order chi connectivity index (χ1) is 21.5. The van der Waals surface area contributed by atoms with Crippen LogP contribution in [-0.2, 0) is 4.74 Å². The van der Waals surface area contributed by atoms with Gasteiger partial charge in [0.2, 0.25) is 0 Å². The van der Waals surface area contributed by atoms with Crippen molar-refractivity contribution in [3.8, 4) is 17.2 Å². The number of carbonyl (C=O) groups excluding carboxylic acids is 2. The van der Waals surface area contributed by atoms with Gasteiger partial charge in [-0.3, -0.25) is 14.5 Å². The maximum Gasteiger partial charge on any atom is 0.255 e. The molecule has 234 valence electrons. The van der Waals surface area contributed by atoms with E-state index in [0.717, 1.165) is 62.9 Å².